The van der Waals surface area contributed by atoms with Gasteiger partial charge in [-0.15, -0.1) is 0 Å². The largest absolute Gasteiger partial charge is 0.372 e. The summed E-state index contributed by atoms with van der Waals surface area (Å²) in [5.41, 5.74) is 4.45. The minimum Gasteiger partial charge on any atom is -0.372 e. The van der Waals surface area contributed by atoms with Crippen LogP contribution in [0.2, 0.25) is 0 Å². The summed E-state index contributed by atoms with van der Waals surface area (Å²) in [4.78, 5) is 32.8. The van der Waals surface area contributed by atoms with E-state index in [1.54, 1.807) is 0 Å². The van der Waals surface area contributed by atoms with Crippen molar-refractivity contribution in [1.82, 2.24) is 9.80 Å². The number of aryl methyl sites for hydroxylation is 1. The molecule has 2 amide bonds. The number of carbonyl (C=O) groups excluding carboxylic acids is 2. The zero-order chi connectivity index (χ0) is 23.4. The van der Waals surface area contributed by atoms with Crippen molar-refractivity contribution in [2.75, 3.05) is 31.1 Å². The summed E-state index contributed by atoms with van der Waals surface area (Å²) in [5.74, 6) is -0.121. The lowest BCUT2D eigenvalue weighted by atomic mass is 10.1. The highest BCUT2D eigenvalue weighted by molar-refractivity contribution is 5.97. The Bertz CT molecular complexity index is 1090. The van der Waals surface area contributed by atoms with Crippen molar-refractivity contribution >= 4 is 17.5 Å². The van der Waals surface area contributed by atoms with Crippen LogP contribution in [-0.2, 0) is 0 Å². The van der Waals surface area contributed by atoms with E-state index in [9.17, 15) is 9.59 Å². The number of rotatable bonds is 6. The number of benzene rings is 3. The quantitative estimate of drug-likeness (QED) is 0.532. The van der Waals surface area contributed by atoms with Crippen LogP contribution < -0.4 is 4.90 Å². The third-order valence-electron chi connectivity index (χ3n) is 6.33. The van der Waals surface area contributed by atoms with Crippen molar-refractivity contribution < 1.29 is 9.59 Å². The van der Waals surface area contributed by atoms with Crippen LogP contribution in [0.1, 0.15) is 51.9 Å². The molecule has 5 nitrogen and oxygen atoms in total. The van der Waals surface area contributed by atoms with Crippen LogP contribution in [0.5, 0.6) is 0 Å². The van der Waals surface area contributed by atoms with E-state index in [1.807, 2.05) is 83.5 Å². The maximum atomic E-state index is 13.5. The Hall–Kier alpha value is -3.60. The normalized spacial score (nSPS) is 15.5. The van der Waals surface area contributed by atoms with Crippen molar-refractivity contribution in [3.8, 4) is 0 Å². The van der Waals surface area contributed by atoms with Crippen LogP contribution in [0.15, 0.2) is 78.9 Å². The van der Waals surface area contributed by atoms with E-state index in [-0.39, 0.29) is 11.8 Å². The minimum absolute atomic E-state index is 0.0591. The van der Waals surface area contributed by atoms with Crippen molar-refractivity contribution in [3.63, 3.8) is 0 Å². The van der Waals surface area contributed by atoms with Crippen molar-refractivity contribution in [3.05, 3.63) is 101 Å². The number of hydrogen-bond acceptors (Lipinski definition) is 3. The van der Waals surface area contributed by atoms with E-state index in [0.717, 1.165) is 29.9 Å². The maximum Gasteiger partial charge on any atom is 0.255 e. The van der Waals surface area contributed by atoms with E-state index >= 15 is 0 Å². The minimum atomic E-state index is -0.447. The summed E-state index contributed by atoms with van der Waals surface area (Å²) in [5, 5.41) is 0. The Morgan fingerprint density at radius 1 is 0.758 bits per heavy atom. The summed E-state index contributed by atoms with van der Waals surface area (Å²) < 4.78 is 0. The zero-order valence-corrected chi connectivity index (χ0v) is 19.6. The third-order valence-corrected chi connectivity index (χ3v) is 6.33. The first-order valence-electron chi connectivity index (χ1n) is 11.6. The van der Waals surface area contributed by atoms with Gasteiger partial charge in [0.1, 0.15) is 6.17 Å². The standard InChI is InChI=1S/C28H31N3O2/c1-4-29(5-2)25-17-15-22(16-18-25)26-30(27(32)23-9-7-6-8-10-23)19-20-31(26)28(33)24-13-11-21(3)12-14-24/h6-18,26H,4-5,19-20H2,1-3H3/t26-/m0/s1. The summed E-state index contributed by atoms with van der Waals surface area (Å²) in [6, 6.07) is 25.2. The highest BCUT2D eigenvalue weighted by Gasteiger charge is 2.39. The molecule has 33 heavy (non-hydrogen) atoms. The van der Waals surface area contributed by atoms with Crippen molar-refractivity contribution in [1.29, 1.82) is 0 Å². The van der Waals surface area contributed by atoms with E-state index in [0.29, 0.717) is 24.2 Å². The summed E-state index contributed by atoms with van der Waals surface area (Å²) >= 11 is 0. The Morgan fingerprint density at radius 2 is 1.27 bits per heavy atom. The topological polar surface area (TPSA) is 43.9 Å². The molecule has 0 bridgehead atoms. The van der Waals surface area contributed by atoms with Crippen LogP contribution in [0, 0.1) is 6.92 Å². The smallest absolute Gasteiger partial charge is 0.255 e. The molecule has 0 aromatic heterocycles. The first kappa shape index (κ1) is 22.6. The fourth-order valence-corrected chi connectivity index (χ4v) is 4.47. The fourth-order valence-electron chi connectivity index (χ4n) is 4.47. The molecule has 0 aliphatic carbocycles. The Balaban J connectivity index is 1.70. The third kappa shape index (κ3) is 4.63. The molecule has 5 heteroatoms. The number of hydrogen-bond donors (Lipinski definition) is 0. The number of nitrogens with zero attached hydrogens (tertiary/aromatic N) is 3. The molecule has 0 saturated carbocycles. The van der Waals surface area contributed by atoms with Gasteiger partial charge in [-0.3, -0.25) is 9.59 Å². The van der Waals surface area contributed by atoms with Gasteiger partial charge in [-0.05, 0) is 62.7 Å². The lowest BCUT2D eigenvalue weighted by molar-refractivity contribution is 0.0545. The zero-order valence-electron chi connectivity index (χ0n) is 19.6. The lowest BCUT2D eigenvalue weighted by Crippen LogP contribution is -2.38. The van der Waals surface area contributed by atoms with Gasteiger partial charge in [0.25, 0.3) is 11.8 Å². The van der Waals surface area contributed by atoms with Crippen molar-refractivity contribution in [2.45, 2.75) is 26.9 Å². The molecule has 1 fully saturated rings. The maximum absolute atomic E-state index is 13.5. The summed E-state index contributed by atoms with van der Waals surface area (Å²) in [6.07, 6.45) is -0.447. The number of carbonyl (C=O) groups is 2. The molecule has 0 spiro atoms. The van der Waals surface area contributed by atoms with Gasteiger partial charge in [0.2, 0.25) is 0 Å². The second kappa shape index (κ2) is 9.90. The van der Waals surface area contributed by atoms with Crippen LogP contribution in [-0.4, -0.2) is 47.8 Å². The molecule has 3 aromatic carbocycles. The second-order valence-corrected chi connectivity index (χ2v) is 8.37. The Morgan fingerprint density at radius 3 is 1.79 bits per heavy atom. The van der Waals surface area contributed by atoms with E-state index in [4.69, 9.17) is 0 Å². The molecule has 170 valence electrons. The van der Waals surface area contributed by atoms with Crippen LogP contribution in [0.25, 0.3) is 0 Å². The van der Waals surface area contributed by atoms with Crippen LogP contribution in [0.3, 0.4) is 0 Å². The van der Waals surface area contributed by atoms with Gasteiger partial charge in [0.15, 0.2) is 0 Å². The highest BCUT2D eigenvalue weighted by Crippen LogP contribution is 2.34. The molecule has 1 heterocycles. The Labute approximate surface area is 196 Å². The summed E-state index contributed by atoms with van der Waals surface area (Å²) in [7, 11) is 0. The van der Waals surface area contributed by atoms with Crippen molar-refractivity contribution in [2.24, 2.45) is 0 Å². The molecule has 0 unspecified atom stereocenters. The molecule has 1 saturated heterocycles. The first-order valence-corrected chi connectivity index (χ1v) is 11.6. The average Bonchev–Trinajstić information content (AvgIpc) is 3.30. The van der Waals surface area contributed by atoms with E-state index in [1.165, 1.54) is 0 Å². The number of amides is 2. The van der Waals surface area contributed by atoms with E-state index in [2.05, 4.69) is 30.9 Å². The van der Waals surface area contributed by atoms with E-state index < -0.39 is 6.17 Å². The number of anilines is 1. The molecule has 1 aliphatic rings. The van der Waals surface area contributed by atoms with Gasteiger partial charge in [0, 0.05) is 43.0 Å². The van der Waals surface area contributed by atoms with Gasteiger partial charge < -0.3 is 14.7 Å². The molecule has 0 N–H and O–H groups in total. The monoisotopic (exact) mass is 441 g/mol. The molecule has 4 rings (SSSR count). The predicted molar refractivity (Wildman–Crippen MR) is 132 cm³/mol. The lowest BCUT2D eigenvalue weighted by Gasteiger charge is -2.31. The SMILES string of the molecule is CCN(CC)c1ccc([C@H]2N(C(=O)c3ccccc3)CCN2C(=O)c2ccc(C)cc2)cc1. The average molecular weight is 442 g/mol. The molecule has 1 atom stereocenters. The van der Waals surface area contributed by atoms with Gasteiger partial charge in [0.05, 0.1) is 0 Å². The van der Waals surface area contributed by atoms with Gasteiger partial charge in [-0.25, -0.2) is 0 Å². The highest BCUT2D eigenvalue weighted by atomic mass is 16.2. The van der Waals surface area contributed by atoms with Crippen LogP contribution >= 0.6 is 0 Å². The molecule has 0 radical (unpaired) electrons. The molecule has 3 aromatic rings. The van der Waals surface area contributed by atoms with Gasteiger partial charge >= 0.3 is 0 Å². The molecule has 1 aliphatic heterocycles. The molecular formula is C28H31N3O2. The fraction of sp³-hybridized carbons (Fsp3) is 0.286. The summed E-state index contributed by atoms with van der Waals surface area (Å²) in [6.45, 7) is 9.12. The van der Waals surface area contributed by atoms with Crippen LogP contribution in [0.4, 0.5) is 5.69 Å². The molecular weight excluding hydrogens is 410 g/mol. The second-order valence-electron chi connectivity index (χ2n) is 8.37. The van der Waals surface area contributed by atoms with Gasteiger partial charge in [-0.2, -0.15) is 0 Å². The Kier molecular flexibility index (Phi) is 6.78. The first-order chi connectivity index (χ1) is 16.0. The predicted octanol–water partition coefficient (Wildman–Crippen LogP) is 5.14. The van der Waals surface area contributed by atoms with Gasteiger partial charge in [-0.1, -0.05) is 48.0 Å².